The van der Waals surface area contributed by atoms with Crippen molar-refractivity contribution in [2.24, 2.45) is 0 Å². The van der Waals surface area contributed by atoms with Crippen molar-refractivity contribution < 1.29 is 9.05 Å². The minimum Gasteiger partial charge on any atom is -0.464 e. The monoisotopic (exact) mass is 225 g/mol. The van der Waals surface area contributed by atoms with E-state index in [0.717, 1.165) is 17.0 Å². The maximum atomic E-state index is 5.34. The Morgan fingerprint density at radius 3 is 3.12 bits per heavy atom. The lowest BCUT2D eigenvalue weighted by Gasteiger charge is -1.89. The summed E-state index contributed by atoms with van der Waals surface area (Å²) in [4.78, 5) is 8.39. The van der Waals surface area contributed by atoms with Crippen LogP contribution in [0.3, 0.4) is 0 Å². The molecule has 6 heteroatoms. The van der Waals surface area contributed by atoms with Gasteiger partial charge in [-0.2, -0.15) is 4.52 Å². The lowest BCUT2D eigenvalue weighted by atomic mass is 10.3. The highest BCUT2D eigenvalue weighted by Crippen LogP contribution is 2.18. The van der Waals surface area contributed by atoms with Gasteiger partial charge in [-0.3, -0.25) is 0 Å². The summed E-state index contributed by atoms with van der Waals surface area (Å²) in [6.07, 6.45) is 8.72. The molecule has 0 atom stereocenters. The Morgan fingerprint density at radius 2 is 2.24 bits per heavy atom. The zero-order chi connectivity index (χ0) is 11.2. The molecule has 4 heterocycles. The molecule has 0 unspecified atom stereocenters. The van der Waals surface area contributed by atoms with Gasteiger partial charge in [0, 0.05) is 12.4 Å². The average Bonchev–Trinajstić information content (AvgIpc) is 3.03. The van der Waals surface area contributed by atoms with Gasteiger partial charge >= 0.3 is 0 Å². The van der Waals surface area contributed by atoms with E-state index in [0.29, 0.717) is 5.65 Å². The van der Waals surface area contributed by atoms with Crippen LogP contribution in [0.1, 0.15) is 0 Å². The van der Waals surface area contributed by atoms with Gasteiger partial charge in [-0.15, -0.1) is 5.10 Å². The summed E-state index contributed by atoms with van der Waals surface area (Å²) < 4.78 is 8.87. The highest BCUT2D eigenvalue weighted by molar-refractivity contribution is 5.63. The minimum absolute atomic E-state index is 0.624. The Hall–Kier alpha value is -2.63. The molecule has 4 aromatic heterocycles. The van der Waals surface area contributed by atoms with Gasteiger partial charge in [0.2, 0.25) is 6.20 Å². The summed E-state index contributed by atoms with van der Waals surface area (Å²) >= 11 is 0. The third-order valence-electron chi connectivity index (χ3n) is 2.62. The topological polar surface area (TPSA) is 61.5 Å². The Balaban J connectivity index is 2.05. The molecule has 4 aromatic rings. The number of nitrogens with zero attached hydrogens (tertiary/aromatic N) is 5. The van der Waals surface area contributed by atoms with E-state index in [1.165, 1.54) is 0 Å². The van der Waals surface area contributed by atoms with Crippen molar-refractivity contribution in [3.63, 3.8) is 0 Å². The van der Waals surface area contributed by atoms with Crippen molar-refractivity contribution in [3.05, 3.63) is 43.2 Å². The molecule has 0 N–H and O–H groups in total. The maximum absolute atomic E-state index is 5.34. The fraction of sp³-hybridized carbons (Fsp3) is 0. The number of furan rings is 1. The number of hydrogen-bond acceptors (Lipinski definition) is 3. The second-order valence-electron chi connectivity index (χ2n) is 3.66. The van der Waals surface area contributed by atoms with E-state index in [9.17, 15) is 0 Å². The lowest BCUT2D eigenvalue weighted by molar-refractivity contribution is -0.674. The van der Waals surface area contributed by atoms with Crippen molar-refractivity contribution in [3.8, 4) is 11.3 Å². The normalized spacial score (nSPS) is 11.5. The Labute approximate surface area is 95.1 Å². The maximum Gasteiger partial charge on any atom is 0.214 e. The second kappa shape index (κ2) is 2.94. The lowest BCUT2D eigenvalue weighted by Crippen LogP contribution is -2.28. The number of rotatable bonds is 1. The van der Waals surface area contributed by atoms with Crippen LogP contribution in [0.25, 0.3) is 22.6 Å². The van der Waals surface area contributed by atoms with Crippen LogP contribution in [-0.2, 0) is 0 Å². The summed E-state index contributed by atoms with van der Waals surface area (Å²) in [5.41, 5.74) is 2.30. The van der Waals surface area contributed by atoms with Crippen LogP contribution in [0.2, 0.25) is 0 Å². The number of hydrogen-bond donors (Lipinski definition) is 0. The highest BCUT2D eigenvalue weighted by Gasteiger charge is 2.12. The molecule has 82 valence electrons. The molecule has 0 aliphatic carbocycles. The van der Waals surface area contributed by atoms with Gasteiger partial charge in [-0.1, -0.05) is 4.63 Å². The van der Waals surface area contributed by atoms with E-state index in [1.54, 1.807) is 23.3 Å². The first kappa shape index (κ1) is 8.51. The summed E-state index contributed by atoms with van der Waals surface area (Å²) in [6, 6.07) is 3.76. The SMILES string of the molecule is c1coc(-c2cn3c4nccnc4[n-][n+]3c2)c1. The minimum atomic E-state index is 0.624. The van der Waals surface area contributed by atoms with E-state index >= 15 is 0 Å². The molecule has 0 amide bonds. The van der Waals surface area contributed by atoms with E-state index in [-0.39, 0.29) is 0 Å². The molecule has 4 rings (SSSR count). The molecule has 0 spiro atoms. The molecular weight excluding hydrogens is 218 g/mol. The zero-order valence-electron chi connectivity index (χ0n) is 8.69. The number of aromatic nitrogens is 5. The van der Waals surface area contributed by atoms with Gasteiger partial charge in [0.15, 0.2) is 5.65 Å². The largest absolute Gasteiger partial charge is 0.464 e. The predicted molar refractivity (Wildman–Crippen MR) is 57.2 cm³/mol. The summed E-state index contributed by atoms with van der Waals surface area (Å²) in [5.74, 6) is 0.806. The van der Waals surface area contributed by atoms with Crippen LogP contribution < -0.4 is 9.73 Å². The summed E-state index contributed by atoms with van der Waals surface area (Å²) in [7, 11) is 0. The molecule has 0 fully saturated rings. The van der Waals surface area contributed by atoms with Gasteiger partial charge in [0.1, 0.15) is 11.4 Å². The van der Waals surface area contributed by atoms with Crippen molar-refractivity contribution in [1.82, 2.24) is 19.6 Å². The molecule has 0 saturated carbocycles. The molecule has 17 heavy (non-hydrogen) atoms. The van der Waals surface area contributed by atoms with Gasteiger partial charge in [-0.25, -0.2) is 4.98 Å². The van der Waals surface area contributed by atoms with E-state index < -0.39 is 0 Å². The van der Waals surface area contributed by atoms with Gasteiger partial charge in [0.05, 0.1) is 11.8 Å². The standard InChI is InChI=1S/C11H7N5O/c1-2-9(17-5-1)8-6-15-11-10(12-3-4-13-11)14-16(15)7-8/h1-7H. The fourth-order valence-corrected chi connectivity index (χ4v) is 1.87. The summed E-state index contributed by atoms with van der Waals surface area (Å²) in [6.45, 7) is 0. The van der Waals surface area contributed by atoms with Crippen molar-refractivity contribution >= 4 is 11.3 Å². The van der Waals surface area contributed by atoms with Gasteiger partial charge < -0.3 is 9.40 Å². The van der Waals surface area contributed by atoms with Crippen LogP contribution >= 0.6 is 0 Å². The molecule has 0 aliphatic rings. The fourth-order valence-electron chi connectivity index (χ4n) is 1.87. The molecule has 0 radical (unpaired) electrons. The quantitative estimate of drug-likeness (QED) is 0.447. The van der Waals surface area contributed by atoms with Crippen LogP contribution in [0.5, 0.6) is 0 Å². The highest BCUT2D eigenvalue weighted by atomic mass is 16.3. The van der Waals surface area contributed by atoms with E-state index in [4.69, 9.17) is 4.42 Å². The first-order valence-corrected chi connectivity index (χ1v) is 5.13. The average molecular weight is 225 g/mol. The molecule has 6 nitrogen and oxygen atoms in total. The Bertz CT molecular complexity index is 796. The molecule has 0 saturated heterocycles. The van der Waals surface area contributed by atoms with Crippen LogP contribution in [-0.4, -0.2) is 14.5 Å². The molecular formula is C11H7N5O. The third-order valence-corrected chi connectivity index (χ3v) is 2.62. The van der Waals surface area contributed by atoms with Crippen LogP contribution in [0.15, 0.2) is 47.6 Å². The van der Waals surface area contributed by atoms with Crippen LogP contribution in [0, 0.1) is 0 Å². The zero-order valence-corrected chi connectivity index (χ0v) is 8.69. The van der Waals surface area contributed by atoms with Gasteiger partial charge in [0.25, 0.3) is 0 Å². The van der Waals surface area contributed by atoms with E-state index in [2.05, 4.69) is 15.1 Å². The van der Waals surface area contributed by atoms with E-state index in [1.807, 2.05) is 29.0 Å². The Morgan fingerprint density at radius 1 is 1.29 bits per heavy atom. The first-order chi connectivity index (χ1) is 8.42. The van der Waals surface area contributed by atoms with Crippen molar-refractivity contribution in [2.45, 2.75) is 0 Å². The molecule has 0 aliphatic heterocycles. The van der Waals surface area contributed by atoms with Crippen molar-refractivity contribution in [2.75, 3.05) is 0 Å². The Kier molecular flexibility index (Phi) is 1.47. The summed E-state index contributed by atoms with van der Waals surface area (Å²) in [5, 5.41) is 4.31. The van der Waals surface area contributed by atoms with Crippen LogP contribution in [0.4, 0.5) is 0 Å². The smallest absolute Gasteiger partial charge is 0.214 e. The number of fused-ring (bicyclic) bond motifs is 3. The van der Waals surface area contributed by atoms with Gasteiger partial charge in [-0.05, 0) is 18.3 Å². The second-order valence-corrected chi connectivity index (χ2v) is 3.66. The third kappa shape index (κ3) is 1.12. The molecule has 0 aromatic carbocycles. The predicted octanol–water partition coefficient (Wildman–Crippen LogP) is 0.685. The molecule has 0 bridgehead atoms. The first-order valence-electron chi connectivity index (χ1n) is 5.13. The van der Waals surface area contributed by atoms with Crippen molar-refractivity contribution in [1.29, 1.82) is 0 Å².